The van der Waals surface area contributed by atoms with E-state index in [1.807, 2.05) is 60.2 Å². The van der Waals surface area contributed by atoms with E-state index >= 15 is 0 Å². The summed E-state index contributed by atoms with van der Waals surface area (Å²) in [5.74, 6) is 0.801. The Morgan fingerprint density at radius 2 is 2.07 bits per heavy atom. The van der Waals surface area contributed by atoms with E-state index in [0.717, 1.165) is 38.7 Å². The topological polar surface area (TPSA) is 97.8 Å². The molecule has 1 aliphatic rings. The molecule has 0 fully saturated rings. The van der Waals surface area contributed by atoms with Crippen LogP contribution in [0.4, 0.5) is 11.5 Å². The van der Waals surface area contributed by atoms with E-state index in [4.69, 9.17) is 5.73 Å². The average Bonchev–Trinajstić information content (AvgIpc) is 3.15. The van der Waals surface area contributed by atoms with Gasteiger partial charge < -0.3 is 16.0 Å². The van der Waals surface area contributed by atoms with Gasteiger partial charge in [0.15, 0.2) is 0 Å². The Hall–Kier alpha value is -3.78. The van der Waals surface area contributed by atoms with Crippen molar-refractivity contribution in [3.63, 3.8) is 0 Å². The predicted molar refractivity (Wildman–Crippen MR) is 117 cm³/mol. The molecule has 0 amide bonds. The van der Waals surface area contributed by atoms with Crippen LogP contribution in [0.5, 0.6) is 0 Å². The summed E-state index contributed by atoms with van der Waals surface area (Å²) in [7, 11) is 1.99. The maximum atomic E-state index is 6.25. The van der Waals surface area contributed by atoms with Crippen molar-refractivity contribution >= 4 is 34.7 Å². The van der Waals surface area contributed by atoms with Crippen LogP contribution in [0.2, 0.25) is 0 Å². The summed E-state index contributed by atoms with van der Waals surface area (Å²) in [6.07, 6.45) is 9.04. The molecule has 0 saturated carbocycles. The number of hydrogen-bond acceptors (Lipinski definition) is 7. The number of benzene rings is 1. The summed E-state index contributed by atoms with van der Waals surface area (Å²) < 4.78 is 1.96. The Bertz CT molecular complexity index is 1340. The van der Waals surface area contributed by atoms with Crippen molar-refractivity contribution in [1.82, 2.24) is 30.0 Å². The number of nitrogens with zero attached hydrogens (tertiary/aromatic N) is 6. The number of rotatable bonds is 4. The van der Waals surface area contributed by atoms with Crippen LogP contribution in [0, 0.1) is 0 Å². The number of hydrogen-bond donors (Lipinski definition) is 2. The normalized spacial score (nSPS) is 17.6. The van der Waals surface area contributed by atoms with Gasteiger partial charge in [0.2, 0.25) is 0 Å². The number of pyridine rings is 1. The van der Waals surface area contributed by atoms with Gasteiger partial charge in [-0.3, -0.25) is 9.67 Å². The standard InChI is InChI=1S/C22H22N8/c1-22(23)10-18-19(12-27-22)25-14-26-21(18)29(2)17-6-7-20-15(9-17)11-28-30(20)13-16-5-3-4-8-24-16/h3-12,14,27H,13,23H2,1-2H3. The van der Waals surface area contributed by atoms with Crippen molar-refractivity contribution in [3.05, 3.63) is 71.4 Å². The van der Waals surface area contributed by atoms with Crippen LogP contribution in [0.15, 0.2) is 55.1 Å². The van der Waals surface area contributed by atoms with Crippen LogP contribution in [-0.2, 0) is 6.54 Å². The highest BCUT2D eigenvalue weighted by Gasteiger charge is 2.19. The first-order valence-electron chi connectivity index (χ1n) is 9.70. The summed E-state index contributed by atoms with van der Waals surface area (Å²) in [5.41, 5.74) is 8.64. The quantitative estimate of drug-likeness (QED) is 0.526. The first-order chi connectivity index (χ1) is 14.5. The number of nitrogens with two attached hydrogens (primary N) is 1. The molecule has 8 nitrogen and oxygen atoms in total. The number of anilines is 2. The minimum absolute atomic E-state index is 0.631. The summed E-state index contributed by atoms with van der Waals surface area (Å²) in [4.78, 5) is 15.3. The lowest BCUT2D eigenvalue weighted by Crippen LogP contribution is -2.54. The summed E-state index contributed by atoms with van der Waals surface area (Å²) >= 11 is 0. The van der Waals surface area contributed by atoms with Gasteiger partial charge in [0, 0.05) is 35.7 Å². The molecule has 0 bridgehead atoms. The molecule has 30 heavy (non-hydrogen) atoms. The van der Waals surface area contributed by atoms with Crippen LogP contribution in [0.25, 0.3) is 23.2 Å². The van der Waals surface area contributed by atoms with Crippen molar-refractivity contribution in [3.8, 4) is 0 Å². The van der Waals surface area contributed by atoms with Crippen LogP contribution in [-0.4, -0.2) is 37.4 Å². The zero-order chi connectivity index (χ0) is 20.7. The molecule has 8 heteroatoms. The third-order valence-electron chi connectivity index (χ3n) is 5.23. The second kappa shape index (κ2) is 6.93. The number of aromatic nitrogens is 5. The van der Waals surface area contributed by atoms with Gasteiger partial charge in [-0.15, -0.1) is 0 Å². The van der Waals surface area contributed by atoms with Gasteiger partial charge in [-0.2, -0.15) is 5.10 Å². The Morgan fingerprint density at radius 1 is 1.17 bits per heavy atom. The fraction of sp³-hybridized carbons (Fsp3) is 0.182. The van der Waals surface area contributed by atoms with Crippen molar-refractivity contribution in [2.45, 2.75) is 19.1 Å². The first kappa shape index (κ1) is 18.3. The minimum atomic E-state index is -0.649. The van der Waals surface area contributed by atoms with Crippen LogP contribution in [0.3, 0.4) is 0 Å². The molecule has 0 spiro atoms. The molecule has 4 aromatic rings. The fourth-order valence-corrected chi connectivity index (χ4v) is 3.66. The predicted octanol–water partition coefficient (Wildman–Crippen LogP) is 0.834. The van der Waals surface area contributed by atoms with Crippen molar-refractivity contribution in [2.75, 3.05) is 11.9 Å². The Balaban J connectivity index is 1.53. The highest BCUT2D eigenvalue weighted by Crippen LogP contribution is 2.25. The maximum absolute atomic E-state index is 6.25. The van der Waals surface area contributed by atoms with E-state index in [2.05, 4.69) is 43.6 Å². The molecule has 3 N–H and O–H groups in total. The SMILES string of the molecule is CN(c1ccc2c(cnn2Cc2ccccn2)c1)c1ncnc2c1=CC(C)(N)NC=2. The summed E-state index contributed by atoms with van der Waals surface area (Å²) in [6.45, 7) is 2.54. The van der Waals surface area contributed by atoms with E-state index in [9.17, 15) is 0 Å². The molecule has 1 unspecified atom stereocenters. The lowest BCUT2D eigenvalue weighted by molar-refractivity contribution is 0.567. The van der Waals surface area contributed by atoms with E-state index < -0.39 is 5.66 Å². The Labute approximate surface area is 173 Å². The van der Waals surface area contributed by atoms with Gasteiger partial charge >= 0.3 is 0 Å². The molecule has 1 atom stereocenters. The molecule has 5 rings (SSSR count). The van der Waals surface area contributed by atoms with E-state index in [1.54, 1.807) is 12.5 Å². The maximum Gasteiger partial charge on any atom is 0.143 e. The second-order valence-corrected chi connectivity index (χ2v) is 7.64. The van der Waals surface area contributed by atoms with E-state index in [-0.39, 0.29) is 0 Å². The zero-order valence-corrected chi connectivity index (χ0v) is 16.8. The lowest BCUT2D eigenvalue weighted by atomic mass is 10.1. The van der Waals surface area contributed by atoms with Gasteiger partial charge in [0.25, 0.3) is 0 Å². The molecule has 0 aliphatic carbocycles. The second-order valence-electron chi connectivity index (χ2n) is 7.64. The molecule has 0 saturated heterocycles. The molecule has 1 aromatic carbocycles. The molecule has 150 valence electrons. The highest BCUT2D eigenvalue weighted by molar-refractivity contribution is 5.84. The van der Waals surface area contributed by atoms with Gasteiger partial charge in [-0.1, -0.05) is 6.07 Å². The largest absolute Gasteiger partial charge is 0.369 e. The molecule has 4 heterocycles. The van der Waals surface area contributed by atoms with E-state index in [1.165, 1.54) is 0 Å². The Kier molecular flexibility index (Phi) is 4.22. The van der Waals surface area contributed by atoms with Crippen molar-refractivity contribution in [1.29, 1.82) is 0 Å². The van der Waals surface area contributed by atoms with E-state index in [0.29, 0.717) is 6.54 Å². The van der Waals surface area contributed by atoms with Gasteiger partial charge in [-0.25, -0.2) is 9.97 Å². The monoisotopic (exact) mass is 398 g/mol. The van der Waals surface area contributed by atoms with Crippen molar-refractivity contribution < 1.29 is 0 Å². The molecule has 3 aromatic heterocycles. The van der Waals surface area contributed by atoms with Crippen LogP contribution >= 0.6 is 0 Å². The van der Waals surface area contributed by atoms with Gasteiger partial charge in [0.05, 0.1) is 29.3 Å². The molecular formula is C22H22N8. The Morgan fingerprint density at radius 3 is 2.90 bits per heavy atom. The smallest absolute Gasteiger partial charge is 0.143 e. The third kappa shape index (κ3) is 3.27. The average molecular weight is 398 g/mol. The first-order valence-corrected chi connectivity index (χ1v) is 9.70. The third-order valence-corrected chi connectivity index (χ3v) is 5.23. The van der Waals surface area contributed by atoms with Crippen LogP contribution < -0.4 is 26.5 Å². The van der Waals surface area contributed by atoms with Crippen molar-refractivity contribution in [2.24, 2.45) is 5.73 Å². The number of fused-ring (bicyclic) bond motifs is 2. The highest BCUT2D eigenvalue weighted by atomic mass is 15.3. The molecule has 0 radical (unpaired) electrons. The molecule has 1 aliphatic heterocycles. The summed E-state index contributed by atoms with van der Waals surface area (Å²) in [5, 5.41) is 10.5. The summed E-state index contributed by atoms with van der Waals surface area (Å²) in [6, 6.07) is 12.2. The van der Waals surface area contributed by atoms with Gasteiger partial charge in [-0.05, 0) is 43.3 Å². The fourth-order valence-electron chi connectivity index (χ4n) is 3.66. The van der Waals surface area contributed by atoms with Crippen LogP contribution in [0.1, 0.15) is 12.6 Å². The zero-order valence-electron chi connectivity index (χ0n) is 16.8. The lowest BCUT2D eigenvalue weighted by Gasteiger charge is -2.26. The number of nitrogens with one attached hydrogen (secondary N) is 1. The van der Waals surface area contributed by atoms with Gasteiger partial charge in [0.1, 0.15) is 17.8 Å². The minimum Gasteiger partial charge on any atom is -0.369 e. The molecular weight excluding hydrogens is 376 g/mol.